The molecule has 0 aliphatic carbocycles. The maximum Gasteiger partial charge on any atom is 0.183 e. The summed E-state index contributed by atoms with van der Waals surface area (Å²) in [4.78, 5) is 4.36. The molecule has 1 aromatic carbocycles. The lowest BCUT2D eigenvalue weighted by Crippen LogP contribution is -2.03. The Morgan fingerprint density at radius 1 is 1.06 bits per heavy atom. The van der Waals surface area contributed by atoms with Gasteiger partial charge in [0.2, 0.25) is 0 Å². The molecule has 2 aromatic heterocycles. The summed E-state index contributed by atoms with van der Waals surface area (Å²) in [6, 6.07) is 12.0. The minimum absolute atomic E-state index is 0.434. The van der Waals surface area contributed by atoms with Crippen molar-refractivity contribution in [1.29, 1.82) is 0 Å². The van der Waals surface area contributed by atoms with Crippen LogP contribution in [0.25, 0.3) is 16.9 Å². The van der Waals surface area contributed by atoms with Gasteiger partial charge in [-0.3, -0.25) is 0 Å². The van der Waals surface area contributed by atoms with E-state index < -0.39 is 0 Å². The van der Waals surface area contributed by atoms with E-state index in [1.165, 1.54) is 5.56 Å². The molecule has 0 saturated carbocycles. The second-order valence-corrected chi connectivity index (χ2v) is 4.56. The van der Waals surface area contributed by atoms with Gasteiger partial charge in [0.1, 0.15) is 5.52 Å². The fraction of sp³-hybridized carbons (Fsp3) is 0.214. The summed E-state index contributed by atoms with van der Waals surface area (Å²) >= 11 is 0. The molecule has 0 radical (unpaired) electrons. The monoisotopic (exact) mass is 238 g/mol. The fourth-order valence-corrected chi connectivity index (χ4v) is 2.10. The summed E-state index contributed by atoms with van der Waals surface area (Å²) in [5, 5.41) is 8.36. The Morgan fingerprint density at radius 2 is 1.89 bits per heavy atom. The Kier molecular flexibility index (Phi) is 2.55. The number of rotatable bonds is 2. The van der Waals surface area contributed by atoms with Gasteiger partial charge in [-0.2, -0.15) is 4.68 Å². The number of nitrogens with zero attached hydrogens (tertiary/aromatic N) is 4. The van der Waals surface area contributed by atoms with Gasteiger partial charge in [-0.1, -0.05) is 37.3 Å². The molecular weight excluding hydrogens is 224 g/mol. The van der Waals surface area contributed by atoms with Crippen LogP contribution in [0.3, 0.4) is 0 Å². The summed E-state index contributed by atoms with van der Waals surface area (Å²) in [5.41, 5.74) is 3.91. The van der Waals surface area contributed by atoms with E-state index in [9.17, 15) is 0 Å². The van der Waals surface area contributed by atoms with Crippen LogP contribution in [0.2, 0.25) is 0 Å². The molecule has 0 spiro atoms. The minimum atomic E-state index is 0.434. The summed E-state index contributed by atoms with van der Waals surface area (Å²) in [6.45, 7) is 4.34. The van der Waals surface area contributed by atoms with Crippen molar-refractivity contribution in [3.8, 4) is 5.69 Å². The smallest absolute Gasteiger partial charge is 0.183 e. The van der Waals surface area contributed by atoms with E-state index in [0.717, 1.165) is 16.9 Å². The number of hydrogen-bond acceptors (Lipinski definition) is 3. The van der Waals surface area contributed by atoms with Crippen molar-refractivity contribution >= 4 is 11.2 Å². The predicted octanol–water partition coefficient (Wildman–Crippen LogP) is 2.94. The van der Waals surface area contributed by atoms with Gasteiger partial charge in [0, 0.05) is 6.20 Å². The Bertz CT molecular complexity index is 685. The summed E-state index contributed by atoms with van der Waals surface area (Å²) in [6.07, 6.45) is 1.76. The van der Waals surface area contributed by atoms with Crippen molar-refractivity contribution in [3.05, 3.63) is 48.2 Å². The molecule has 0 unspecified atom stereocenters. The van der Waals surface area contributed by atoms with E-state index >= 15 is 0 Å². The quantitative estimate of drug-likeness (QED) is 0.689. The van der Waals surface area contributed by atoms with Gasteiger partial charge in [0.05, 0.1) is 5.69 Å². The highest BCUT2D eigenvalue weighted by Gasteiger charge is 2.12. The number of aromatic nitrogens is 4. The van der Waals surface area contributed by atoms with Gasteiger partial charge in [0.25, 0.3) is 0 Å². The minimum Gasteiger partial charge on any atom is -0.235 e. The van der Waals surface area contributed by atoms with Crippen LogP contribution < -0.4 is 0 Å². The zero-order valence-electron chi connectivity index (χ0n) is 10.4. The van der Waals surface area contributed by atoms with Crippen molar-refractivity contribution in [1.82, 2.24) is 20.0 Å². The molecule has 3 aromatic rings. The van der Waals surface area contributed by atoms with Crippen LogP contribution in [-0.4, -0.2) is 20.0 Å². The Hall–Kier alpha value is -2.23. The third-order valence-electron chi connectivity index (χ3n) is 3.00. The highest BCUT2D eigenvalue weighted by atomic mass is 15.4. The first-order valence-corrected chi connectivity index (χ1v) is 6.03. The summed E-state index contributed by atoms with van der Waals surface area (Å²) < 4.78 is 1.81. The number of pyridine rings is 1. The second-order valence-electron chi connectivity index (χ2n) is 4.56. The first-order chi connectivity index (χ1) is 8.77. The van der Waals surface area contributed by atoms with E-state index in [1.54, 1.807) is 6.20 Å². The molecule has 0 atom stereocenters. The Balaban J connectivity index is 2.27. The number of hydrogen-bond donors (Lipinski definition) is 0. The van der Waals surface area contributed by atoms with Gasteiger partial charge in [-0.15, -0.1) is 5.10 Å². The van der Waals surface area contributed by atoms with Crippen LogP contribution in [0.4, 0.5) is 0 Å². The second kappa shape index (κ2) is 4.22. The topological polar surface area (TPSA) is 43.6 Å². The Morgan fingerprint density at radius 3 is 2.72 bits per heavy atom. The zero-order valence-corrected chi connectivity index (χ0v) is 10.4. The van der Waals surface area contributed by atoms with Crippen LogP contribution in [-0.2, 0) is 0 Å². The van der Waals surface area contributed by atoms with Crippen molar-refractivity contribution < 1.29 is 0 Å². The molecule has 3 rings (SSSR count). The molecular formula is C14H14N4. The van der Waals surface area contributed by atoms with Crippen molar-refractivity contribution in [2.24, 2.45) is 0 Å². The molecule has 4 heteroatoms. The van der Waals surface area contributed by atoms with E-state index in [1.807, 2.05) is 28.9 Å². The van der Waals surface area contributed by atoms with Crippen LogP contribution >= 0.6 is 0 Å². The lowest BCUT2D eigenvalue weighted by Gasteiger charge is -2.11. The normalized spacial score (nSPS) is 11.3. The zero-order chi connectivity index (χ0) is 12.5. The van der Waals surface area contributed by atoms with Crippen LogP contribution in [0.1, 0.15) is 25.3 Å². The molecule has 0 fully saturated rings. The molecule has 18 heavy (non-hydrogen) atoms. The fourth-order valence-electron chi connectivity index (χ4n) is 2.10. The maximum absolute atomic E-state index is 4.36. The Labute approximate surface area is 105 Å². The number of benzene rings is 1. The van der Waals surface area contributed by atoms with Gasteiger partial charge in [0.15, 0.2) is 5.65 Å². The number of fused-ring (bicyclic) bond motifs is 1. The summed E-state index contributed by atoms with van der Waals surface area (Å²) in [7, 11) is 0. The largest absolute Gasteiger partial charge is 0.235 e. The van der Waals surface area contributed by atoms with Crippen molar-refractivity contribution in [3.63, 3.8) is 0 Å². The predicted molar refractivity (Wildman–Crippen MR) is 70.7 cm³/mol. The van der Waals surface area contributed by atoms with E-state index in [4.69, 9.17) is 0 Å². The van der Waals surface area contributed by atoms with E-state index in [-0.39, 0.29) is 0 Å². The van der Waals surface area contributed by atoms with Crippen LogP contribution in [0, 0.1) is 0 Å². The van der Waals surface area contributed by atoms with Crippen molar-refractivity contribution in [2.75, 3.05) is 0 Å². The van der Waals surface area contributed by atoms with Crippen molar-refractivity contribution in [2.45, 2.75) is 19.8 Å². The molecule has 90 valence electrons. The van der Waals surface area contributed by atoms with Gasteiger partial charge in [-0.25, -0.2) is 4.98 Å². The average Bonchev–Trinajstić information content (AvgIpc) is 2.82. The molecule has 0 N–H and O–H groups in total. The molecule has 2 heterocycles. The first kappa shape index (κ1) is 10.9. The van der Waals surface area contributed by atoms with Gasteiger partial charge < -0.3 is 0 Å². The standard InChI is InChI=1S/C14H14N4/c1-10(2)11-6-3-4-8-13(11)18-14-12(16-17-18)7-5-9-15-14/h3-10H,1-2H3. The van der Waals surface area contributed by atoms with Gasteiger partial charge in [-0.05, 0) is 29.7 Å². The van der Waals surface area contributed by atoms with Crippen LogP contribution in [0.5, 0.6) is 0 Å². The summed E-state index contributed by atoms with van der Waals surface area (Å²) in [5.74, 6) is 0.434. The lowest BCUT2D eigenvalue weighted by atomic mass is 10.0. The number of para-hydroxylation sites is 1. The lowest BCUT2D eigenvalue weighted by molar-refractivity contribution is 0.781. The van der Waals surface area contributed by atoms with E-state index in [0.29, 0.717) is 5.92 Å². The molecule has 0 aliphatic heterocycles. The maximum atomic E-state index is 4.36. The third kappa shape index (κ3) is 1.66. The van der Waals surface area contributed by atoms with E-state index in [2.05, 4.69) is 41.3 Å². The highest BCUT2D eigenvalue weighted by molar-refractivity contribution is 5.71. The SMILES string of the molecule is CC(C)c1ccccc1-n1nnc2cccnc21. The molecule has 0 bridgehead atoms. The third-order valence-corrected chi connectivity index (χ3v) is 3.00. The van der Waals surface area contributed by atoms with Gasteiger partial charge >= 0.3 is 0 Å². The first-order valence-electron chi connectivity index (χ1n) is 6.03. The van der Waals surface area contributed by atoms with Crippen LogP contribution in [0.15, 0.2) is 42.6 Å². The molecule has 0 aliphatic rings. The molecule has 4 nitrogen and oxygen atoms in total. The average molecular weight is 238 g/mol. The molecule has 0 amide bonds. The molecule has 0 saturated heterocycles. The highest BCUT2D eigenvalue weighted by Crippen LogP contribution is 2.23.